The van der Waals surface area contributed by atoms with E-state index in [9.17, 15) is 14.7 Å². The fourth-order valence-electron chi connectivity index (χ4n) is 4.35. The third kappa shape index (κ3) is 2.69. The van der Waals surface area contributed by atoms with Crippen molar-refractivity contribution >= 4 is 17.6 Å². The van der Waals surface area contributed by atoms with E-state index in [0.717, 1.165) is 13.1 Å². The number of anilines is 1. The molecule has 4 atom stereocenters. The number of rotatable bonds is 3. The van der Waals surface area contributed by atoms with Gasteiger partial charge in [-0.25, -0.2) is 0 Å². The molecule has 1 aromatic rings. The van der Waals surface area contributed by atoms with Gasteiger partial charge >= 0.3 is 5.97 Å². The predicted molar refractivity (Wildman–Crippen MR) is 97.1 cm³/mol. The second kappa shape index (κ2) is 6.43. The number of hydrogen-bond acceptors (Lipinski definition) is 4. The molecular formula is C20H24N2O4. The van der Waals surface area contributed by atoms with Crippen LogP contribution in [0, 0.1) is 25.7 Å². The molecular weight excluding hydrogens is 332 g/mol. The number of hydrogen-bond donors (Lipinski definition) is 1. The molecule has 1 aromatic carbocycles. The lowest BCUT2D eigenvalue weighted by Gasteiger charge is -2.39. The molecule has 2 fully saturated rings. The number of ether oxygens (including phenoxy) is 1. The Labute approximate surface area is 153 Å². The summed E-state index contributed by atoms with van der Waals surface area (Å²) in [6, 6.07) is 6.29. The number of fused-ring (bicyclic) bond motifs is 2. The number of aliphatic carboxylic acids is 1. The molecule has 0 spiro atoms. The van der Waals surface area contributed by atoms with Gasteiger partial charge in [0, 0.05) is 31.9 Å². The Bertz CT molecular complexity index is 767. The van der Waals surface area contributed by atoms with E-state index in [1.54, 1.807) is 11.0 Å². The second-order valence-corrected chi connectivity index (χ2v) is 7.37. The molecule has 0 unspecified atom stereocenters. The molecule has 3 heterocycles. The summed E-state index contributed by atoms with van der Waals surface area (Å²) in [5, 5.41) is 9.51. The summed E-state index contributed by atoms with van der Waals surface area (Å²) >= 11 is 0. The van der Waals surface area contributed by atoms with Gasteiger partial charge < -0.3 is 19.6 Å². The van der Waals surface area contributed by atoms with E-state index in [0.29, 0.717) is 13.1 Å². The van der Waals surface area contributed by atoms with Gasteiger partial charge in [-0.3, -0.25) is 9.59 Å². The summed E-state index contributed by atoms with van der Waals surface area (Å²) in [5.41, 5.74) is 3.74. The van der Waals surface area contributed by atoms with Crippen molar-refractivity contribution in [2.75, 3.05) is 31.1 Å². The number of piperazine rings is 1. The van der Waals surface area contributed by atoms with Crippen molar-refractivity contribution in [1.82, 2.24) is 4.90 Å². The van der Waals surface area contributed by atoms with Crippen molar-refractivity contribution in [3.8, 4) is 0 Å². The van der Waals surface area contributed by atoms with Crippen LogP contribution in [0.3, 0.4) is 0 Å². The van der Waals surface area contributed by atoms with Crippen molar-refractivity contribution in [3.63, 3.8) is 0 Å². The average molecular weight is 356 g/mol. The first kappa shape index (κ1) is 17.1. The Hall–Kier alpha value is -2.34. The number of nitrogens with zero attached hydrogens (tertiary/aromatic N) is 2. The maximum atomic E-state index is 13.0. The van der Waals surface area contributed by atoms with Gasteiger partial charge in [-0.1, -0.05) is 24.3 Å². The van der Waals surface area contributed by atoms with Crippen molar-refractivity contribution in [1.29, 1.82) is 0 Å². The minimum absolute atomic E-state index is 0.0881. The van der Waals surface area contributed by atoms with Gasteiger partial charge in [0.1, 0.15) is 5.92 Å². The van der Waals surface area contributed by atoms with Gasteiger partial charge in [-0.2, -0.15) is 0 Å². The highest BCUT2D eigenvalue weighted by molar-refractivity contribution is 5.87. The highest BCUT2D eigenvalue weighted by Gasteiger charge is 2.54. The molecule has 2 saturated heterocycles. The zero-order valence-electron chi connectivity index (χ0n) is 15.1. The van der Waals surface area contributed by atoms with E-state index >= 15 is 0 Å². The third-order valence-electron chi connectivity index (χ3n) is 5.98. The van der Waals surface area contributed by atoms with Crippen molar-refractivity contribution < 1.29 is 19.4 Å². The molecule has 0 aromatic heterocycles. The van der Waals surface area contributed by atoms with Crippen LogP contribution in [0.25, 0.3) is 0 Å². The molecule has 1 N–H and O–H groups in total. The van der Waals surface area contributed by atoms with Crippen LogP contribution in [0.4, 0.5) is 5.69 Å². The van der Waals surface area contributed by atoms with Gasteiger partial charge in [0.2, 0.25) is 5.91 Å². The van der Waals surface area contributed by atoms with E-state index in [4.69, 9.17) is 4.74 Å². The lowest BCUT2D eigenvalue weighted by atomic mass is 9.82. The summed E-state index contributed by atoms with van der Waals surface area (Å²) in [5.74, 6) is -2.41. The number of carbonyl (C=O) groups excluding carboxylic acids is 1. The highest BCUT2D eigenvalue weighted by Crippen LogP contribution is 2.40. The Morgan fingerprint density at radius 3 is 2.35 bits per heavy atom. The zero-order chi connectivity index (χ0) is 18.4. The van der Waals surface area contributed by atoms with Crippen LogP contribution < -0.4 is 4.90 Å². The predicted octanol–water partition coefficient (Wildman–Crippen LogP) is 1.61. The van der Waals surface area contributed by atoms with Crippen LogP contribution in [-0.4, -0.2) is 60.3 Å². The van der Waals surface area contributed by atoms with E-state index in [-0.39, 0.29) is 5.91 Å². The number of benzene rings is 1. The topological polar surface area (TPSA) is 70.1 Å². The van der Waals surface area contributed by atoms with Crippen molar-refractivity contribution in [3.05, 3.63) is 41.5 Å². The fraction of sp³-hybridized carbons (Fsp3) is 0.500. The quantitative estimate of drug-likeness (QED) is 0.833. The molecule has 0 saturated carbocycles. The average Bonchev–Trinajstić information content (AvgIpc) is 3.25. The lowest BCUT2D eigenvalue weighted by Crippen LogP contribution is -2.53. The van der Waals surface area contributed by atoms with E-state index in [1.165, 1.54) is 16.8 Å². The minimum atomic E-state index is -0.950. The summed E-state index contributed by atoms with van der Waals surface area (Å²) in [4.78, 5) is 28.7. The minimum Gasteiger partial charge on any atom is -0.481 e. The van der Waals surface area contributed by atoms with E-state index < -0.39 is 30.0 Å². The normalized spacial score (nSPS) is 30.1. The molecule has 138 valence electrons. The molecule has 4 rings (SSSR count). The summed E-state index contributed by atoms with van der Waals surface area (Å²) in [7, 11) is 0. The molecule has 0 aliphatic carbocycles. The molecule has 2 bridgehead atoms. The SMILES string of the molecule is Cc1cccc(N2CCN(C(=O)[C@H]3[C@@H](C(=O)O)[C@H]4C=C[C@H]3O4)CC2)c1C. The fourth-order valence-corrected chi connectivity index (χ4v) is 4.35. The Morgan fingerprint density at radius 2 is 1.69 bits per heavy atom. The number of aryl methyl sites for hydroxylation is 1. The smallest absolute Gasteiger partial charge is 0.310 e. The maximum absolute atomic E-state index is 13.0. The molecule has 0 radical (unpaired) electrons. The van der Waals surface area contributed by atoms with Gasteiger partial charge in [-0.15, -0.1) is 0 Å². The molecule has 1 amide bonds. The molecule has 6 heteroatoms. The van der Waals surface area contributed by atoms with Crippen LogP contribution in [0.5, 0.6) is 0 Å². The summed E-state index contributed by atoms with van der Waals surface area (Å²) in [6.45, 7) is 6.95. The number of carboxylic acids is 1. The van der Waals surface area contributed by atoms with Gasteiger partial charge in [0.25, 0.3) is 0 Å². The monoisotopic (exact) mass is 356 g/mol. The maximum Gasteiger partial charge on any atom is 0.310 e. The van der Waals surface area contributed by atoms with Crippen LogP contribution in [-0.2, 0) is 14.3 Å². The molecule has 6 nitrogen and oxygen atoms in total. The van der Waals surface area contributed by atoms with Gasteiger partial charge in [0.05, 0.1) is 18.1 Å². The van der Waals surface area contributed by atoms with Crippen molar-refractivity contribution in [2.24, 2.45) is 11.8 Å². The Morgan fingerprint density at radius 1 is 1.04 bits per heavy atom. The first-order valence-electron chi connectivity index (χ1n) is 9.14. The van der Waals surface area contributed by atoms with Gasteiger partial charge in [0.15, 0.2) is 0 Å². The van der Waals surface area contributed by atoms with Gasteiger partial charge in [-0.05, 0) is 31.0 Å². The van der Waals surface area contributed by atoms with E-state index in [2.05, 4.69) is 36.9 Å². The van der Waals surface area contributed by atoms with Crippen LogP contribution in [0.1, 0.15) is 11.1 Å². The van der Waals surface area contributed by atoms with Crippen LogP contribution in [0.15, 0.2) is 30.4 Å². The second-order valence-electron chi connectivity index (χ2n) is 7.37. The van der Waals surface area contributed by atoms with E-state index in [1.807, 2.05) is 6.08 Å². The zero-order valence-corrected chi connectivity index (χ0v) is 15.1. The molecule has 3 aliphatic rings. The Kier molecular flexibility index (Phi) is 4.23. The Balaban J connectivity index is 1.45. The lowest BCUT2D eigenvalue weighted by molar-refractivity contribution is -0.149. The molecule has 3 aliphatic heterocycles. The number of carboxylic acid groups (broad SMARTS) is 1. The first-order valence-corrected chi connectivity index (χ1v) is 9.14. The third-order valence-corrected chi connectivity index (χ3v) is 5.98. The van der Waals surface area contributed by atoms with Crippen molar-refractivity contribution in [2.45, 2.75) is 26.1 Å². The van der Waals surface area contributed by atoms with Crippen LogP contribution in [0.2, 0.25) is 0 Å². The standard InChI is InChI=1S/C20H24N2O4/c1-12-4-3-5-14(13(12)2)21-8-10-22(11-9-21)19(23)17-15-6-7-16(26-15)18(17)20(24)25/h3-7,15-18H,8-11H2,1-2H3,(H,24,25)/t15-,16-,17-,18+/m1/s1. The van der Waals surface area contributed by atoms with Crippen LogP contribution >= 0.6 is 0 Å². The summed E-state index contributed by atoms with van der Waals surface area (Å²) in [6.07, 6.45) is 2.73. The summed E-state index contributed by atoms with van der Waals surface area (Å²) < 4.78 is 5.64. The largest absolute Gasteiger partial charge is 0.481 e. The first-order chi connectivity index (χ1) is 12.5. The number of amides is 1. The number of carbonyl (C=O) groups is 2. The highest BCUT2D eigenvalue weighted by atomic mass is 16.5. The molecule has 26 heavy (non-hydrogen) atoms.